The minimum Gasteiger partial charge on any atom is -0.456 e. The molecule has 1 aliphatic carbocycles. The van der Waals surface area contributed by atoms with Crippen LogP contribution in [0.25, 0.3) is 105 Å². The lowest BCUT2D eigenvalue weighted by Crippen LogP contribution is -2.03. The van der Waals surface area contributed by atoms with Crippen molar-refractivity contribution in [3.8, 4) is 39.3 Å². The molecule has 0 unspecified atom stereocenters. The zero-order valence-corrected chi connectivity index (χ0v) is 24.5. The first-order valence-corrected chi connectivity index (χ1v) is 15.6. The van der Waals surface area contributed by atoms with Crippen LogP contribution in [0.15, 0.2) is 144 Å². The third kappa shape index (κ3) is 3.07. The van der Waals surface area contributed by atoms with E-state index in [0.717, 1.165) is 50.3 Å². The maximum atomic E-state index is 6.52. The largest absolute Gasteiger partial charge is 0.456 e. The second-order valence-corrected chi connectivity index (χ2v) is 12.1. The molecule has 10 aromatic rings. The zero-order chi connectivity index (χ0) is 29.9. The maximum absolute atomic E-state index is 6.52. The summed E-state index contributed by atoms with van der Waals surface area (Å²) in [6.45, 7) is 0. The quantitative estimate of drug-likeness (QED) is 0.207. The molecule has 0 amide bonds. The summed E-state index contributed by atoms with van der Waals surface area (Å²) in [5, 5.41) is 7.25. The molecule has 0 saturated heterocycles. The van der Waals surface area contributed by atoms with Crippen LogP contribution >= 0.6 is 0 Å². The Kier molecular flexibility index (Phi) is 4.55. The highest BCUT2D eigenvalue weighted by molar-refractivity contribution is 6.37. The normalized spacial score (nSPS) is 12.3. The Hall–Kier alpha value is -6.26. The number of hydrogen-bond acceptors (Lipinski definition) is 3. The lowest BCUT2D eigenvalue weighted by Gasteiger charge is -2.15. The van der Waals surface area contributed by atoms with E-state index in [1.54, 1.807) is 0 Å². The number of benzene rings is 7. The van der Waals surface area contributed by atoms with Gasteiger partial charge < -0.3 is 4.42 Å². The van der Waals surface area contributed by atoms with E-state index in [2.05, 4.69) is 114 Å². The molecule has 0 bridgehead atoms. The van der Waals surface area contributed by atoms with E-state index < -0.39 is 0 Å². The van der Waals surface area contributed by atoms with Crippen molar-refractivity contribution in [1.82, 2.24) is 14.5 Å². The van der Waals surface area contributed by atoms with Gasteiger partial charge in [0.15, 0.2) is 5.82 Å². The Balaban J connectivity index is 1.28. The van der Waals surface area contributed by atoms with E-state index in [0.29, 0.717) is 0 Å². The van der Waals surface area contributed by atoms with Crippen molar-refractivity contribution in [3.05, 3.63) is 140 Å². The summed E-state index contributed by atoms with van der Waals surface area (Å²) < 4.78 is 8.84. The van der Waals surface area contributed by atoms with Crippen LogP contribution in [-0.2, 0) is 0 Å². The number of rotatable bonds is 3. The van der Waals surface area contributed by atoms with Gasteiger partial charge in [-0.15, -0.1) is 0 Å². The Morgan fingerprint density at radius 1 is 0.413 bits per heavy atom. The summed E-state index contributed by atoms with van der Waals surface area (Å²) in [6, 6.07) is 49.2. The summed E-state index contributed by atoms with van der Waals surface area (Å²) in [6.07, 6.45) is 0. The van der Waals surface area contributed by atoms with E-state index in [9.17, 15) is 0 Å². The molecular weight excluding hydrogens is 562 g/mol. The molecule has 46 heavy (non-hydrogen) atoms. The van der Waals surface area contributed by atoms with Gasteiger partial charge >= 0.3 is 0 Å². The molecule has 3 aromatic heterocycles. The summed E-state index contributed by atoms with van der Waals surface area (Å²) in [5.74, 6) is 0.814. The van der Waals surface area contributed by atoms with Gasteiger partial charge in [0.2, 0.25) is 0 Å². The van der Waals surface area contributed by atoms with Crippen LogP contribution in [0.3, 0.4) is 0 Å². The fourth-order valence-corrected chi connectivity index (χ4v) is 7.74. The molecule has 0 aliphatic heterocycles. The monoisotopic (exact) mass is 585 g/mol. The molecule has 0 fully saturated rings. The maximum Gasteiger partial charge on any atom is 0.165 e. The molecule has 212 valence electrons. The fourth-order valence-electron chi connectivity index (χ4n) is 7.74. The first kappa shape index (κ1) is 24.1. The van der Waals surface area contributed by atoms with Crippen molar-refractivity contribution in [3.63, 3.8) is 0 Å². The zero-order valence-electron chi connectivity index (χ0n) is 24.5. The number of furan rings is 1. The Morgan fingerprint density at radius 2 is 1.04 bits per heavy atom. The Morgan fingerprint density at radius 3 is 1.87 bits per heavy atom. The first-order valence-electron chi connectivity index (χ1n) is 15.6. The first-order chi connectivity index (χ1) is 22.8. The molecule has 0 saturated carbocycles. The van der Waals surface area contributed by atoms with Crippen LogP contribution in [0.1, 0.15) is 0 Å². The van der Waals surface area contributed by atoms with Crippen molar-refractivity contribution in [2.45, 2.75) is 0 Å². The number of para-hydroxylation sites is 2. The van der Waals surface area contributed by atoms with Crippen molar-refractivity contribution in [2.24, 2.45) is 0 Å². The van der Waals surface area contributed by atoms with Crippen LogP contribution in [0.5, 0.6) is 0 Å². The van der Waals surface area contributed by atoms with Crippen molar-refractivity contribution >= 4 is 65.6 Å². The average Bonchev–Trinajstić information content (AvgIpc) is 3.63. The predicted octanol–water partition coefficient (Wildman–Crippen LogP) is 11.1. The SMILES string of the molecule is c1ccc(-c2ccc(-c3nc4ccccc4nc3-n3c4cccc5c4c4c6c(ccc43)oc3ccc4cccc-5c4c36)cc2)cc1. The van der Waals surface area contributed by atoms with E-state index in [1.807, 2.05) is 30.3 Å². The third-order valence-corrected chi connectivity index (χ3v) is 9.72. The van der Waals surface area contributed by atoms with Gasteiger partial charge in [0.25, 0.3) is 0 Å². The summed E-state index contributed by atoms with van der Waals surface area (Å²) in [4.78, 5) is 10.6. The summed E-state index contributed by atoms with van der Waals surface area (Å²) >= 11 is 0. The minimum atomic E-state index is 0.814. The highest BCUT2D eigenvalue weighted by Gasteiger charge is 2.27. The lowest BCUT2D eigenvalue weighted by molar-refractivity contribution is 0.669. The number of hydrogen-bond donors (Lipinski definition) is 0. The molecule has 0 atom stereocenters. The van der Waals surface area contributed by atoms with Crippen LogP contribution < -0.4 is 0 Å². The number of fused-ring (bicyclic) bond motifs is 2. The second kappa shape index (κ2) is 8.68. The van der Waals surface area contributed by atoms with Crippen molar-refractivity contribution in [2.75, 3.05) is 0 Å². The van der Waals surface area contributed by atoms with Crippen LogP contribution in [0, 0.1) is 0 Å². The average molecular weight is 586 g/mol. The fraction of sp³-hybridized carbons (Fsp3) is 0. The Labute approximate surface area is 262 Å². The van der Waals surface area contributed by atoms with Gasteiger partial charge in [-0.25, -0.2) is 9.97 Å². The van der Waals surface area contributed by atoms with E-state index >= 15 is 0 Å². The van der Waals surface area contributed by atoms with Gasteiger partial charge in [0.05, 0.1) is 22.1 Å². The molecule has 11 rings (SSSR count). The molecule has 0 spiro atoms. The van der Waals surface area contributed by atoms with E-state index in [1.165, 1.54) is 54.6 Å². The number of nitrogens with zero attached hydrogens (tertiary/aromatic N) is 3. The molecule has 7 aromatic carbocycles. The van der Waals surface area contributed by atoms with Crippen LogP contribution in [-0.4, -0.2) is 14.5 Å². The van der Waals surface area contributed by atoms with Gasteiger partial charge in [-0.1, -0.05) is 103 Å². The van der Waals surface area contributed by atoms with Gasteiger partial charge in [0.1, 0.15) is 16.9 Å². The van der Waals surface area contributed by atoms with Crippen LogP contribution in [0.2, 0.25) is 0 Å². The smallest absolute Gasteiger partial charge is 0.165 e. The molecule has 4 nitrogen and oxygen atoms in total. The van der Waals surface area contributed by atoms with Crippen molar-refractivity contribution < 1.29 is 4.42 Å². The van der Waals surface area contributed by atoms with E-state index in [4.69, 9.17) is 14.4 Å². The third-order valence-electron chi connectivity index (χ3n) is 9.72. The highest BCUT2D eigenvalue weighted by atomic mass is 16.3. The van der Waals surface area contributed by atoms with Crippen molar-refractivity contribution in [1.29, 1.82) is 0 Å². The second-order valence-electron chi connectivity index (χ2n) is 12.1. The summed E-state index contributed by atoms with van der Waals surface area (Å²) in [7, 11) is 0. The Bertz CT molecular complexity index is 2900. The standard InChI is InChI=1S/C42H23N3O/c1-2-8-24(9-3-1)25-16-18-27(19-17-25)41-42(44-31-14-5-4-13-30(31)43-41)45-32-15-7-12-29-28-11-6-10-26-20-22-34-39(36(26)28)40-35(46-34)23-21-33(45)38(40)37(29)32/h1-23H. The highest BCUT2D eigenvalue weighted by Crippen LogP contribution is 2.51. The topological polar surface area (TPSA) is 43.9 Å². The van der Waals surface area contributed by atoms with E-state index in [-0.39, 0.29) is 0 Å². The molecule has 0 radical (unpaired) electrons. The molecule has 1 aliphatic rings. The van der Waals surface area contributed by atoms with Gasteiger partial charge in [-0.2, -0.15) is 0 Å². The van der Waals surface area contributed by atoms with Crippen LogP contribution in [0.4, 0.5) is 0 Å². The van der Waals surface area contributed by atoms with Gasteiger partial charge in [-0.05, 0) is 64.0 Å². The molecular formula is C42H23N3O. The summed E-state index contributed by atoms with van der Waals surface area (Å²) in [5.41, 5.74) is 12.4. The molecule has 4 heteroatoms. The lowest BCUT2D eigenvalue weighted by atomic mass is 9.95. The molecule has 3 heterocycles. The number of aromatic nitrogens is 3. The van der Waals surface area contributed by atoms with Gasteiger partial charge in [0, 0.05) is 32.5 Å². The minimum absolute atomic E-state index is 0.814. The predicted molar refractivity (Wildman–Crippen MR) is 189 cm³/mol. The molecule has 0 N–H and O–H groups in total. The van der Waals surface area contributed by atoms with Gasteiger partial charge in [-0.3, -0.25) is 4.57 Å².